The van der Waals surface area contributed by atoms with Crippen LogP contribution in [0.25, 0.3) is 0 Å². The van der Waals surface area contributed by atoms with E-state index in [9.17, 15) is 4.39 Å². The second kappa shape index (κ2) is 7.20. The van der Waals surface area contributed by atoms with Crippen molar-refractivity contribution in [3.05, 3.63) is 65.0 Å². The lowest BCUT2D eigenvalue weighted by molar-refractivity contribution is 0.286. The third-order valence-electron chi connectivity index (χ3n) is 3.48. The van der Waals surface area contributed by atoms with Crippen molar-refractivity contribution in [3.8, 4) is 5.75 Å². The Morgan fingerprint density at radius 2 is 2.00 bits per heavy atom. The minimum absolute atomic E-state index is 0.134. The molecule has 3 nitrogen and oxygen atoms in total. The molecule has 4 heteroatoms. The SMILES string of the molecule is Cc1cccc(OCCC(NN)c2cc(F)ccc2C)c1. The summed E-state index contributed by atoms with van der Waals surface area (Å²) in [6.45, 7) is 4.47. The molecule has 0 aromatic heterocycles. The highest BCUT2D eigenvalue weighted by atomic mass is 19.1. The summed E-state index contributed by atoms with van der Waals surface area (Å²) in [5.74, 6) is 6.18. The average Bonchev–Trinajstić information content (AvgIpc) is 2.47. The van der Waals surface area contributed by atoms with E-state index >= 15 is 0 Å². The number of hydrazine groups is 1. The Hall–Kier alpha value is -1.91. The summed E-state index contributed by atoms with van der Waals surface area (Å²) in [6.07, 6.45) is 0.661. The van der Waals surface area contributed by atoms with Gasteiger partial charge in [-0.15, -0.1) is 0 Å². The van der Waals surface area contributed by atoms with Gasteiger partial charge in [-0.2, -0.15) is 0 Å². The van der Waals surface area contributed by atoms with Gasteiger partial charge in [-0.05, 0) is 54.8 Å². The topological polar surface area (TPSA) is 47.3 Å². The van der Waals surface area contributed by atoms with Gasteiger partial charge in [0.2, 0.25) is 0 Å². The van der Waals surface area contributed by atoms with E-state index in [0.717, 1.165) is 22.4 Å². The first-order chi connectivity index (χ1) is 10.1. The smallest absolute Gasteiger partial charge is 0.123 e. The lowest BCUT2D eigenvalue weighted by Crippen LogP contribution is -2.30. The van der Waals surface area contributed by atoms with Crippen LogP contribution in [0.5, 0.6) is 5.75 Å². The fraction of sp³-hybridized carbons (Fsp3) is 0.294. The van der Waals surface area contributed by atoms with E-state index in [4.69, 9.17) is 10.6 Å². The molecule has 0 bridgehead atoms. The summed E-state index contributed by atoms with van der Waals surface area (Å²) in [5.41, 5.74) is 5.77. The van der Waals surface area contributed by atoms with Crippen molar-refractivity contribution in [2.24, 2.45) is 5.84 Å². The van der Waals surface area contributed by atoms with Crippen LogP contribution in [-0.4, -0.2) is 6.61 Å². The molecule has 0 aliphatic carbocycles. The number of ether oxygens (including phenoxy) is 1. The monoisotopic (exact) mass is 288 g/mol. The number of aryl methyl sites for hydroxylation is 2. The van der Waals surface area contributed by atoms with Crippen LogP contribution in [0.4, 0.5) is 4.39 Å². The number of nitrogens with two attached hydrogens (primary N) is 1. The van der Waals surface area contributed by atoms with Crippen LogP contribution in [0, 0.1) is 19.7 Å². The van der Waals surface area contributed by atoms with E-state index in [-0.39, 0.29) is 11.9 Å². The van der Waals surface area contributed by atoms with Crippen molar-refractivity contribution < 1.29 is 9.13 Å². The summed E-state index contributed by atoms with van der Waals surface area (Å²) in [6, 6.07) is 12.5. The number of benzene rings is 2. The number of rotatable bonds is 6. The van der Waals surface area contributed by atoms with Gasteiger partial charge in [0, 0.05) is 12.5 Å². The Morgan fingerprint density at radius 3 is 2.71 bits per heavy atom. The molecule has 0 heterocycles. The van der Waals surface area contributed by atoms with Crippen molar-refractivity contribution in [2.75, 3.05) is 6.61 Å². The largest absolute Gasteiger partial charge is 0.494 e. The predicted octanol–water partition coefficient (Wildman–Crippen LogP) is 3.42. The van der Waals surface area contributed by atoms with E-state index in [2.05, 4.69) is 5.43 Å². The first-order valence-corrected chi connectivity index (χ1v) is 7.02. The molecule has 0 aliphatic rings. The van der Waals surface area contributed by atoms with Gasteiger partial charge >= 0.3 is 0 Å². The maximum atomic E-state index is 13.4. The fourth-order valence-corrected chi connectivity index (χ4v) is 2.32. The van der Waals surface area contributed by atoms with Crippen LogP contribution in [0.15, 0.2) is 42.5 Å². The van der Waals surface area contributed by atoms with E-state index in [1.165, 1.54) is 12.1 Å². The highest BCUT2D eigenvalue weighted by Crippen LogP contribution is 2.22. The van der Waals surface area contributed by atoms with Crippen LogP contribution in [0.1, 0.15) is 29.2 Å². The van der Waals surface area contributed by atoms with Crippen molar-refractivity contribution in [1.29, 1.82) is 0 Å². The lowest BCUT2D eigenvalue weighted by atomic mass is 9.99. The van der Waals surface area contributed by atoms with Gasteiger partial charge in [0.15, 0.2) is 0 Å². The first kappa shape index (κ1) is 15.5. The zero-order valence-electron chi connectivity index (χ0n) is 12.4. The molecular formula is C17H21FN2O. The Morgan fingerprint density at radius 1 is 1.19 bits per heavy atom. The normalized spacial score (nSPS) is 12.2. The zero-order chi connectivity index (χ0) is 15.2. The van der Waals surface area contributed by atoms with Crippen molar-refractivity contribution in [2.45, 2.75) is 26.3 Å². The number of hydrogen-bond acceptors (Lipinski definition) is 3. The molecule has 2 rings (SSSR count). The highest BCUT2D eigenvalue weighted by molar-refractivity contribution is 5.30. The molecule has 0 fully saturated rings. The van der Waals surface area contributed by atoms with Crippen molar-refractivity contribution in [3.63, 3.8) is 0 Å². The summed E-state index contributed by atoms with van der Waals surface area (Å²) < 4.78 is 19.1. The lowest BCUT2D eigenvalue weighted by Gasteiger charge is -2.19. The zero-order valence-corrected chi connectivity index (χ0v) is 12.4. The quantitative estimate of drug-likeness (QED) is 0.632. The highest BCUT2D eigenvalue weighted by Gasteiger charge is 2.13. The van der Waals surface area contributed by atoms with Gasteiger partial charge in [0.25, 0.3) is 0 Å². The minimum Gasteiger partial charge on any atom is -0.494 e. The Kier molecular flexibility index (Phi) is 5.31. The van der Waals surface area contributed by atoms with Gasteiger partial charge in [-0.25, -0.2) is 4.39 Å². The van der Waals surface area contributed by atoms with Crippen molar-refractivity contribution in [1.82, 2.24) is 5.43 Å². The van der Waals surface area contributed by atoms with E-state index in [0.29, 0.717) is 13.0 Å². The molecule has 3 N–H and O–H groups in total. The summed E-state index contributed by atoms with van der Waals surface area (Å²) in [5, 5.41) is 0. The number of nitrogens with one attached hydrogen (secondary N) is 1. The molecule has 0 aliphatic heterocycles. The van der Waals surface area contributed by atoms with Crippen LogP contribution >= 0.6 is 0 Å². The number of hydrogen-bond donors (Lipinski definition) is 2. The standard InChI is InChI=1S/C17H21FN2O/c1-12-4-3-5-15(10-12)21-9-8-17(20-19)16-11-14(18)7-6-13(16)2/h3-7,10-11,17,20H,8-9,19H2,1-2H3. The Bertz CT molecular complexity index is 601. The molecule has 112 valence electrons. The van der Waals surface area contributed by atoms with Crippen LogP contribution < -0.4 is 16.0 Å². The molecule has 21 heavy (non-hydrogen) atoms. The summed E-state index contributed by atoms with van der Waals surface area (Å²) >= 11 is 0. The van der Waals surface area contributed by atoms with E-state index < -0.39 is 0 Å². The second-order valence-corrected chi connectivity index (χ2v) is 5.17. The molecule has 2 aromatic carbocycles. The molecule has 1 atom stereocenters. The van der Waals surface area contributed by atoms with Gasteiger partial charge in [0.05, 0.1) is 6.61 Å². The molecule has 0 saturated heterocycles. The second-order valence-electron chi connectivity index (χ2n) is 5.17. The fourth-order valence-electron chi connectivity index (χ4n) is 2.32. The Balaban J connectivity index is 1.98. The maximum Gasteiger partial charge on any atom is 0.123 e. The van der Waals surface area contributed by atoms with Crippen molar-refractivity contribution >= 4 is 0 Å². The van der Waals surface area contributed by atoms with Gasteiger partial charge in [-0.3, -0.25) is 11.3 Å². The van der Waals surface area contributed by atoms with Crippen LogP contribution in [0.2, 0.25) is 0 Å². The van der Waals surface area contributed by atoms with E-state index in [1.54, 1.807) is 6.07 Å². The Labute approximate surface area is 124 Å². The van der Waals surface area contributed by atoms with Gasteiger partial charge in [-0.1, -0.05) is 18.2 Å². The molecule has 0 spiro atoms. The van der Waals surface area contributed by atoms with Crippen LogP contribution in [-0.2, 0) is 0 Å². The first-order valence-electron chi connectivity index (χ1n) is 7.02. The van der Waals surface area contributed by atoms with Crippen LogP contribution in [0.3, 0.4) is 0 Å². The molecule has 0 amide bonds. The predicted molar refractivity (Wildman–Crippen MR) is 82.5 cm³/mol. The third kappa shape index (κ3) is 4.28. The molecule has 1 unspecified atom stereocenters. The number of halogens is 1. The molecule has 2 aromatic rings. The summed E-state index contributed by atoms with van der Waals surface area (Å²) in [4.78, 5) is 0. The average molecular weight is 288 g/mol. The third-order valence-corrected chi connectivity index (χ3v) is 3.48. The van der Waals surface area contributed by atoms with E-state index in [1.807, 2.05) is 38.1 Å². The summed E-state index contributed by atoms with van der Waals surface area (Å²) in [7, 11) is 0. The molecular weight excluding hydrogens is 267 g/mol. The minimum atomic E-state index is -0.254. The molecule has 0 saturated carbocycles. The van der Waals surface area contributed by atoms with Gasteiger partial charge < -0.3 is 4.74 Å². The molecule has 0 radical (unpaired) electrons. The van der Waals surface area contributed by atoms with Gasteiger partial charge in [0.1, 0.15) is 11.6 Å². The maximum absolute atomic E-state index is 13.4.